The number of ether oxygens (including phenoxy) is 1. The largest absolute Gasteiger partial charge is 0.497 e. The van der Waals surface area contributed by atoms with Crippen LogP contribution in [0.3, 0.4) is 0 Å². The Labute approximate surface area is 155 Å². The third kappa shape index (κ3) is 3.57. The van der Waals surface area contributed by atoms with Gasteiger partial charge in [0.15, 0.2) is 0 Å². The number of rotatable bonds is 5. The molecule has 2 heterocycles. The van der Waals surface area contributed by atoms with Crippen molar-refractivity contribution in [3.8, 4) is 5.75 Å². The molecule has 0 amide bonds. The molecule has 138 valence electrons. The molecule has 2 N–H and O–H groups in total. The van der Waals surface area contributed by atoms with E-state index in [-0.39, 0.29) is 6.16 Å². The van der Waals surface area contributed by atoms with E-state index < -0.39 is 7.60 Å². The van der Waals surface area contributed by atoms with E-state index in [2.05, 4.69) is 14.5 Å². The molecule has 4 aromatic rings. The molecule has 7 nitrogen and oxygen atoms in total. The minimum Gasteiger partial charge on any atom is -0.497 e. The average molecular weight is 383 g/mol. The lowest BCUT2D eigenvalue weighted by molar-refractivity contribution is 0.371. The predicted octanol–water partition coefficient (Wildman–Crippen LogP) is 3.32. The van der Waals surface area contributed by atoms with Gasteiger partial charge in [0.05, 0.1) is 36.0 Å². The monoisotopic (exact) mass is 383 g/mol. The first kappa shape index (κ1) is 17.7. The molecule has 2 aromatic carbocycles. The van der Waals surface area contributed by atoms with Gasteiger partial charge in [-0.3, -0.25) is 4.57 Å². The smallest absolute Gasteiger partial charge is 0.329 e. The first-order chi connectivity index (χ1) is 12.9. The molecule has 4 rings (SSSR count). The average Bonchev–Trinajstić information content (AvgIpc) is 2.95. The first-order valence-electron chi connectivity index (χ1n) is 8.33. The van der Waals surface area contributed by atoms with Crippen molar-refractivity contribution in [2.45, 2.75) is 12.7 Å². The highest BCUT2D eigenvalue weighted by Crippen LogP contribution is 2.39. The summed E-state index contributed by atoms with van der Waals surface area (Å²) in [5.41, 5.74) is 4.42. The van der Waals surface area contributed by atoms with Gasteiger partial charge in [0.25, 0.3) is 0 Å². The van der Waals surface area contributed by atoms with Crippen LogP contribution >= 0.6 is 7.60 Å². The number of benzene rings is 2. The van der Waals surface area contributed by atoms with Gasteiger partial charge in [0.1, 0.15) is 12.1 Å². The van der Waals surface area contributed by atoms with Crippen LogP contribution in [0.15, 0.2) is 55.0 Å². The number of fused-ring (bicyclic) bond motifs is 3. The molecule has 0 atom stereocenters. The van der Waals surface area contributed by atoms with Crippen LogP contribution in [0.5, 0.6) is 5.75 Å². The van der Waals surface area contributed by atoms with Gasteiger partial charge in [-0.25, -0.2) is 9.97 Å². The van der Waals surface area contributed by atoms with Gasteiger partial charge >= 0.3 is 7.60 Å². The van der Waals surface area contributed by atoms with Crippen molar-refractivity contribution >= 4 is 29.5 Å². The summed E-state index contributed by atoms with van der Waals surface area (Å²) in [6.07, 6.45) is 3.07. The van der Waals surface area contributed by atoms with Gasteiger partial charge in [-0.1, -0.05) is 24.3 Å². The van der Waals surface area contributed by atoms with Crippen molar-refractivity contribution in [3.63, 3.8) is 0 Å². The lowest BCUT2D eigenvalue weighted by atomic mass is 10.1. The van der Waals surface area contributed by atoms with Gasteiger partial charge in [0, 0.05) is 11.9 Å². The highest BCUT2D eigenvalue weighted by molar-refractivity contribution is 7.50. The number of methoxy groups -OCH3 is 1. The SMILES string of the molecule is COc1ccc2c(c1)c1ncncc1n2Cc1ccc(CP(=O)(O)O)cc1. The van der Waals surface area contributed by atoms with Crippen molar-refractivity contribution in [2.75, 3.05) is 7.11 Å². The second-order valence-electron chi connectivity index (χ2n) is 6.37. The van der Waals surface area contributed by atoms with E-state index in [0.717, 1.165) is 33.2 Å². The molecule has 0 bridgehead atoms. The zero-order valence-corrected chi connectivity index (χ0v) is 15.5. The quantitative estimate of drug-likeness (QED) is 0.513. The lowest BCUT2D eigenvalue weighted by Gasteiger charge is -2.09. The van der Waals surface area contributed by atoms with E-state index in [0.29, 0.717) is 12.1 Å². The molecule has 2 aromatic heterocycles. The standard InChI is InChI=1S/C19H18N3O4P/c1-26-15-6-7-17-16(8-15)19-18(9-20-12-21-19)22(17)10-13-2-4-14(5-3-13)11-27(23,24)25/h2-9,12H,10-11H2,1H3,(H2,23,24,25). The molecule has 0 saturated heterocycles. The van der Waals surface area contributed by atoms with Crippen LogP contribution in [0.1, 0.15) is 11.1 Å². The third-order valence-electron chi connectivity index (χ3n) is 4.49. The highest BCUT2D eigenvalue weighted by Gasteiger charge is 2.15. The van der Waals surface area contributed by atoms with Gasteiger partial charge in [0.2, 0.25) is 0 Å². The van der Waals surface area contributed by atoms with Crippen molar-refractivity contribution in [2.24, 2.45) is 0 Å². The maximum absolute atomic E-state index is 11.2. The molecular formula is C19H18N3O4P. The topological polar surface area (TPSA) is 97.5 Å². The van der Waals surface area contributed by atoms with E-state index >= 15 is 0 Å². The van der Waals surface area contributed by atoms with E-state index in [1.165, 1.54) is 6.33 Å². The van der Waals surface area contributed by atoms with Gasteiger partial charge in [-0.15, -0.1) is 0 Å². The number of hydrogen-bond acceptors (Lipinski definition) is 4. The molecule has 0 saturated carbocycles. The molecule has 0 aliphatic carbocycles. The van der Waals surface area contributed by atoms with Gasteiger partial charge < -0.3 is 19.1 Å². The summed E-state index contributed by atoms with van der Waals surface area (Å²) >= 11 is 0. The predicted molar refractivity (Wildman–Crippen MR) is 103 cm³/mol. The van der Waals surface area contributed by atoms with Gasteiger partial charge in [-0.2, -0.15) is 0 Å². The normalized spacial score (nSPS) is 12.0. The fourth-order valence-corrected chi connectivity index (χ4v) is 3.95. The summed E-state index contributed by atoms with van der Waals surface area (Å²) in [5.74, 6) is 0.766. The maximum Gasteiger partial charge on any atom is 0.329 e. The molecule has 0 aliphatic heterocycles. The Hall–Kier alpha value is -2.73. The Kier molecular flexibility index (Phi) is 4.44. The summed E-state index contributed by atoms with van der Waals surface area (Å²) in [5, 5.41) is 0.991. The summed E-state index contributed by atoms with van der Waals surface area (Å²) in [6.45, 7) is 0.593. The van der Waals surface area contributed by atoms with E-state index in [9.17, 15) is 4.57 Å². The molecule has 0 fully saturated rings. The van der Waals surface area contributed by atoms with Crippen LogP contribution in [0.25, 0.3) is 21.9 Å². The molecule has 8 heteroatoms. The van der Waals surface area contributed by atoms with Crippen LogP contribution < -0.4 is 4.74 Å². The second kappa shape index (κ2) is 6.78. The molecule has 0 aliphatic rings. The van der Waals surface area contributed by atoms with Crippen molar-refractivity contribution < 1.29 is 19.1 Å². The summed E-state index contributed by atoms with van der Waals surface area (Å²) in [6, 6.07) is 13.1. The molecule has 0 unspecified atom stereocenters. The minimum absolute atomic E-state index is 0.254. The molecule has 27 heavy (non-hydrogen) atoms. The Morgan fingerprint density at radius 1 is 1.07 bits per heavy atom. The number of nitrogens with zero attached hydrogens (tertiary/aromatic N) is 3. The zero-order chi connectivity index (χ0) is 19.0. The Bertz CT molecular complexity index is 1160. The molecule has 0 spiro atoms. The number of hydrogen-bond donors (Lipinski definition) is 2. The van der Waals surface area contributed by atoms with Crippen molar-refractivity contribution in [1.29, 1.82) is 0 Å². The van der Waals surface area contributed by atoms with E-state index in [1.807, 2.05) is 30.3 Å². The van der Waals surface area contributed by atoms with Crippen LogP contribution in [0.4, 0.5) is 0 Å². The molecular weight excluding hydrogens is 365 g/mol. The van der Waals surface area contributed by atoms with E-state index in [4.69, 9.17) is 14.5 Å². The van der Waals surface area contributed by atoms with Crippen LogP contribution in [0.2, 0.25) is 0 Å². The van der Waals surface area contributed by atoms with Crippen molar-refractivity contribution in [3.05, 3.63) is 66.1 Å². The lowest BCUT2D eigenvalue weighted by Crippen LogP contribution is -2.00. The zero-order valence-electron chi connectivity index (χ0n) is 14.6. The second-order valence-corrected chi connectivity index (χ2v) is 8.01. The first-order valence-corrected chi connectivity index (χ1v) is 10.1. The summed E-state index contributed by atoms with van der Waals surface area (Å²) in [7, 11) is -2.43. The molecule has 0 radical (unpaired) electrons. The summed E-state index contributed by atoms with van der Waals surface area (Å²) in [4.78, 5) is 26.8. The van der Waals surface area contributed by atoms with Crippen LogP contribution in [0, 0.1) is 0 Å². The number of aromatic nitrogens is 3. The Morgan fingerprint density at radius 2 is 1.81 bits per heavy atom. The van der Waals surface area contributed by atoms with Crippen LogP contribution in [-0.4, -0.2) is 31.4 Å². The summed E-state index contributed by atoms with van der Waals surface area (Å²) < 4.78 is 18.6. The third-order valence-corrected chi connectivity index (χ3v) is 5.26. The fraction of sp³-hybridized carbons (Fsp3) is 0.158. The Morgan fingerprint density at radius 3 is 2.52 bits per heavy atom. The minimum atomic E-state index is -4.07. The van der Waals surface area contributed by atoms with Crippen LogP contribution in [-0.2, 0) is 17.3 Å². The fourth-order valence-electron chi connectivity index (χ4n) is 3.27. The highest BCUT2D eigenvalue weighted by atomic mass is 31.2. The van der Waals surface area contributed by atoms with Gasteiger partial charge in [-0.05, 0) is 29.3 Å². The maximum atomic E-state index is 11.2. The van der Waals surface area contributed by atoms with Crippen molar-refractivity contribution in [1.82, 2.24) is 14.5 Å². The van der Waals surface area contributed by atoms with E-state index in [1.54, 1.807) is 25.4 Å². The Balaban J connectivity index is 1.76.